The van der Waals surface area contributed by atoms with Gasteiger partial charge in [-0.2, -0.15) is 11.3 Å². The molecule has 2 aromatic rings. The number of anilines is 1. The smallest absolute Gasteiger partial charge is 0.223 e. The van der Waals surface area contributed by atoms with Crippen LogP contribution < -0.4 is 5.32 Å². The van der Waals surface area contributed by atoms with Gasteiger partial charge >= 0.3 is 0 Å². The summed E-state index contributed by atoms with van der Waals surface area (Å²) in [4.78, 5) is 8.51. The molecule has 0 spiro atoms. The second-order valence-corrected chi connectivity index (χ2v) is 4.71. The zero-order chi connectivity index (χ0) is 12.3. The highest BCUT2D eigenvalue weighted by molar-refractivity contribution is 7.07. The van der Waals surface area contributed by atoms with E-state index in [2.05, 4.69) is 15.3 Å². The maximum absolute atomic E-state index is 9.90. The van der Waals surface area contributed by atoms with E-state index in [0.717, 1.165) is 17.0 Å². The third kappa shape index (κ3) is 3.25. The van der Waals surface area contributed by atoms with Gasteiger partial charge in [-0.3, -0.25) is 0 Å². The van der Waals surface area contributed by atoms with Gasteiger partial charge in [-0.05, 0) is 42.3 Å². The largest absolute Gasteiger partial charge is 0.387 e. The van der Waals surface area contributed by atoms with E-state index in [1.165, 1.54) is 0 Å². The van der Waals surface area contributed by atoms with Gasteiger partial charge in [-0.1, -0.05) is 0 Å². The molecule has 2 rings (SSSR count). The van der Waals surface area contributed by atoms with Gasteiger partial charge in [0.15, 0.2) is 0 Å². The van der Waals surface area contributed by atoms with Crippen LogP contribution in [0.5, 0.6) is 0 Å². The monoisotopic (exact) mass is 249 g/mol. The molecule has 1 atom stereocenters. The van der Waals surface area contributed by atoms with Crippen LogP contribution in [0.25, 0.3) is 0 Å². The van der Waals surface area contributed by atoms with E-state index in [9.17, 15) is 5.11 Å². The number of thiophene rings is 1. The van der Waals surface area contributed by atoms with Crippen molar-refractivity contribution in [2.24, 2.45) is 0 Å². The molecule has 2 N–H and O–H groups in total. The summed E-state index contributed by atoms with van der Waals surface area (Å²) in [7, 11) is 0. The normalized spacial score (nSPS) is 12.4. The average molecular weight is 249 g/mol. The zero-order valence-electron chi connectivity index (χ0n) is 9.84. The molecule has 0 fully saturated rings. The molecule has 0 saturated carbocycles. The summed E-state index contributed by atoms with van der Waals surface area (Å²) in [6.45, 7) is 4.27. The number of hydrogen-bond donors (Lipinski definition) is 2. The van der Waals surface area contributed by atoms with Crippen LogP contribution in [0.4, 0.5) is 5.95 Å². The fraction of sp³-hybridized carbons (Fsp3) is 0.333. The topological polar surface area (TPSA) is 58.0 Å². The molecule has 0 aromatic carbocycles. The highest BCUT2D eigenvalue weighted by Crippen LogP contribution is 2.16. The molecule has 2 heterocycles. The van der Waals surface area contributed by atoms with Crippen molar-refractivity contribution in [3.05, 3.63) is 39.8 Å². The summed E-state index contributed by atoms with van der Waals surface area (Å²) in [6, 6.07) is 3.83. The molecule has 0 aliphatic rings. The van der Waals surface area contributed by atoms with Crippen LogP contribution in [0.15, 0.2) is 22.9 Å². The number of nitrogens with one attached hydrogen (secondary N) is 1. The fourth-order valence-electron chi connectivity index (χ4n) is 1.58. The Morgan fingerprint density at radius 1 is 1.35 bits per heavy atom. The highest BCUT2D eigenvalue weighted by Gasteiger charge is 2.08. The Balaban J connectivity index is 1.98. The van der Waals surface area contributed by atoms with Gasteiger partial charge in [0.2, 0.25) is 5.95 Å². The summed E-state index contributed by atoms with van der Waals surface area (Å²) < 4.78 is 0. The van der Waals surface area contributed by atoms with Crippen molar-refractivity contribution in [3.8, 4) is 0 Å². The summed E-state index contributed by atoms with van der Waals surface area (Å²) >= 11 is 1.58. The van der Waals surface area contributed by atoms with E-state index in [1.807, 2.05) is 36.7 Å². The fourth-order valence-corrected chi connectivity index (χ4v) is 2.28. The molecule has 0 unspecified atom stereocenters. The molecular formula is C12H15N3OS. The Morgan fingerprint density at radius 3 is 2.65 bits per heavy atom. The minimum atomic E-state index is -0.523. The molecule has 0 aliphatic carbocycles. The first-order valence-corrected chi connectivity index (χ1v) is 6.36. The van der Waals surface area contributed by atoms with Gasteiger partial charge in [0.1, 0.15) is 0 Å². The third-order valence-electron chi connectivity index (χ3n) is 2.36. The number of aliphatic hydroxyl groups is 1. The zero-order valence-corrected chi connectivity index (χ0v) is 10.7. The van der Waals surface area contributed by atoms with Gasteiger partial charge in [0.05, 0.1) is 6.10 Å². The van der Waals surface area contributed by atoms with Crippen molar-refractivity contribution in [3.63, 3.8) is 0 Å². The third-order valence-corrected chi connectivity index (χ3v) is 3.07. The highest BCUT2D eigenvalue weighted by atomic mass is 32.1. The van der Waals surface area contributed by atoms with Gasteiger partial charge in [0, 0.05) is 17.9 Å². The molecule has 0 bridgehead atoms. The van der Waals surface area contributed by atoms with Crippen LogP contribution in [0, 0.1) is 13.8 Å². The lowest BCUT2D eigenvalue weighted by Gasteiger charge is -2.11. The van der Waals surface area contributed by atoms with Crippen molar-refractivity contribution in [1.29, 1.82) is 0 Å². The molecule has 90 valence electrons. The summed E-state index contributed by atoms with van der Waals surface area (Å²) in [5.74, 6) is 0.566. The van der Waals surface area contributed by atoms with Crippen LogP contribution in [0.1, 0.15) is 23.1 Å². The van der Waals surface area contributed by atoms with Gasteiger partial charge < -0.3 is 10.4 Å². The lowest BCUT2D eigenvalue weighted by molar-refractivity contribution is 0.192. The molecule has 0 saturated heterocycles. The van der Waals surface area contributed by atoms with Crippen LogP contribution in [-0.2, 0) is 0 Å². The van der Waals surface area contributed by atoms with Crippen molar-refractivity contribution in [2.45, 2.75) is 20.0 Å². The van der Waals surface area contributed by atoms with Crippen LogP contribution in [0.2, 0.25) is 0 Å². The number of aliphatic hydroxyl groups excluding tert-OH is 1. The van der Waals surface area contributed by atoms with Crippen LogP contribution >= 0.6 is 11.3 Å². The number of aryl methyl sites for hydroxylation is 2. The Hall–Kier alpha value is -1.46. The maximum Gasteiger partial charge on any atom is 0.223 e. The Kier molecular flexibility index (Phi) is 3.71. The second-order valence-electron chi connectivity index (χ2n) is 3.93. The molecule has 0 amide bonds. The quantitative estimate of drug-likeness (QED) is 0.873. The SMILES string of the molecule is Cc1cc(C)nc(NC[C@@H](O)c2ccsc2)n1. The Labute approximate surface area is 104 Å². The number of hydrogen-bond acceptors (Lipinski definition) is 5. The molecule has 0 aliphatic heterocycles. The summed E-state index contributed by atoms with van der Waals surface area (Å²) in [6.07, 6.45) is -0.523. The van der Waals surface area contributed by atoms with Crippen molar-refractivity contribution >= 4 is 17.3 Å². The molecule has 0 radical (unpaired) electrons. The molecule has 2 aromatic heterocycles. The molecule has 4 nitrogen and oxygen atoms in total. The predicted molar refractivity (Wildman–Crippen MR) is 69.3 cm³/mol. The summed E-state index contributed by atoms with van der Waals surface area (Å²) in [5.41, 5.74) is 2.77. The second kappa shape index (κ2) is 5.25. The molecule has 5 heteroatoms. The van der Waals surface area contributed by atoms with Crippen LogP contribution in [-0.4, -0.2) is 21.6 Å². The van der Waals surface area contributed by atoms with Gasteiger partial charge in [0.25, 0.3) is 0 Å². The van der Waals surface area contributed by atoms with Crippen molar-refractivity contribution in [2.75, 3.05) is 11.9 Å². The maximum atomic E-state index is 9.90. The molecule has 17 heavy (non-hydrogen) atoms. The first-order valence-electron chi connectivity index (χ1n) is 5.41. The van der Waals surface area contributed by atoms with Gasteiger partial charge in [-0.15, -0.1) is 0 Å². The Morgan fingerprint density at radius 2 is 2.06 bits per heavy atom. The van der Waals surface area contributed by atoms with E-state index in [1.54, 1.807) is 11.3 Å². The lowest BCUT2D eigenvalue weighted by atomic mass is 10.2. The van der Waals surface area contributed by atoms with Crippen LogP contribution in [0.3, 0.4) is 0 Å². The Bertz CT molecular complexity index is 464. The number of aromatic nitrogens is 2. The first-order chi connectivity index (χ1) is 8.15. The van der Waals surface area contributed by atoms with E-state index < -0.39 is 6.10 Å². The van der Waals surface area contributed by atoms with E-state index in [4.69, 9.17) is 0 Å². The average Bonchev–Trinajstić information content (AvgIpc) is 2.78. The van der Waals surface area contributed by atoms with Crippen molar-refractivity contribution < 1.29 is 5.11 Å². The minimum Gasteiger partial charge on any atom is -0.387 e. The van der Waals surface area contributed by atoms with Crippen molar-refractivity contribution in [1.82, 2.24) is 9.97 Å². The first kappa shape index (κ1) is 12.0. The van der Waals surface area contributed by atoms with E-state index >= 15 is 0 Å². The predicted octanol–water partition coefficient (Wildman–Crippen LogP) is 2.30. The standard InChI is InChI=1S/C12H15N3OS/c1-8-5-9(2)15-12(14-8)13-6-11(16)10-3-4-17-7-10/h3-5,7,11,16H,6H2,1-2H3,(H,13,14,15)/t11-/m1/s1. The van der Waals surface area contributed by atoms with Gasteiger partial charge in [-0.25, -0.2) is 9.97 Å². The molecular weight excluding hydrogens is 234 g/mol. The van der Waals surface area contributed by atoms with E-state index in [-0.39, 0.29) is 0 Å². The summed E-state index contributed by atoms with van der Waals surface area (Å²) in [5, 5.41) is 16.8. The lowest BCUT2D eigenvalue weighted by Crippen LogP contribution is -2.14. The van der Waals surface area contributed by atoms with E-state index in [0.29, 0.717) is 12.5 Å². The number of rotatable bonds is 4. The number of nitrogens with zero attached hydrogens (tertiary/aromatic N) is 2. The minimum absolute atomic E-state index is 0.416.